The maximum Gasteiger partial charge on any atom is 0.341 e. The van der Waals surface area contributed by atoms with Gasteiger partial charge in [0.1, 0.15) is 5.00 Å². The highest BCUT2D eigenvalue weighted by molar-refractivity contribution is 7.88. The van der Waals surface area contributed by atoms with Crippen LogP contribution in [0.5, 0.6) is 0 Å². The van der Waals surface area contributed by atoms with Gasteiger partial charge < -0.3 is 15.0 Å². The summed E-state index contributed by atoms with van der Waals surface area (Å²) in [6, 6.07) is 0. The molecule has 0 atom stereocenters. The second-order valence-electron chi connectivity index (χ2n) is 6.71. The number of esters is 1. The molecule has 0 aromatic carbocycles. The minimum absolute atomic E-state index is 0.302. The minimum atomic E-state index is -3.18. The lowest BCUT2D eigenvalue weighted by Crippen LogP contribution is -2.51. The summed E-state index contributed by atoms with van der Waals surface area (Å²) in [5.74, 6) is -0.302. The molecular formula is C17H25N3O4S3. The monoisotopic (exact) mass is 431 g/mol. The van der Waals surface area contributed by atoms with E-state index >= 15 is 0 Å². The maximum atomic E-state index is 12.5. The van der Waals surface area contributed by atoms with Crippen LogP contribution < -0.4 is 5.32 Å². The summed E-state index contributed by atoms with van der Waals surface area (Å²) in [6.45, 7) is 4.01. The number of thiophene rings is 1. The van der Waals surface area contributed by atoms with Gasteiger partial charge in [0.25, 0.3) is 0 Å². The van der Waals surface area contributed by atoms with E-state index in [0.717, 1.165) is 36.2 Å². The van der Waals surface area contributed by atoms with Gasteiger partial charge in [0.2, 0.25) is 10.0 Å². The summed E-state index contributed by atoms with van der Waals surface area (Å²) >= 11 is 7.12. The van der Waals surface area contributed by atoms with Gasteiger partial charge in [-0.05, 0) is 50.4 Å². The van der Waals surface area contributed by atoms with Crippen molar-refractivity contribution < 1.29 is 17.9 Å². The molecule has 1 aromatic heterocycles. The molecule has 1 fully saturated rings. The van der Waals surface area contributed by atoms with Crippen molar-refractivity contribution in [3.05, 3.63) is 16.0 Å². The van der Waals surface area contributed by atoms with Crippen molar-refractivity contribution in [3.63, 3.8) is 0 Å². The van der Waals surface area contributed by atoms with Crippen LogP contribution in [0.25, 0.3) is 0 Å². The summed E-state index contributed by atoms with van der Waals surface area (Å²) in [5, 5.41) is 4.50. The average molecular weight is 432 g/mol. The number of anilines is 1. The fourth-order valence-corrected chi connectivity index (χ4v) is 5.92. The van der Waals surface area contributed by atoms with Crippen LogP contribution in [0.2, 0.25) is 0 Å². The number of fused-ring (bicyclic) bond motifs is 1. The molecule has 0 saturated carbocycles. The number of nitrogens with zero attached hydrogens (tertiary/aromatic N) is 2. The lowest BCUT2D eigenvalue weighted by Gasteiger charge is -2.34. The Hall–Kier alpha value is -1.23. The molecule has 1 aliphatic heterocycles. The molecule has 1 saturated heterocycles. The molecule has 1 aromatic rings. The molecule has 2 heterocycles. The molecule has 27 heavy (non-hydrogen) atoms. The summed E-state index contributed by atoms with van der Waals surface area (Å²) in [4.78, 5) is 15.7. The topological polar surface area (TPSA) is 79.0 Å². The Bertz CT molecular complexity index is 827. The number of nitrogens with one attached hydrogen (secondary N) is 1. The predicted octanol–water partition coefficient (Wildman–Crippen LogP) is 2.08. The van der Waals surface area contributed by atoms with Crippen molar-refractivity contribution in [3.8, 4) is 0 Å². The van der Waals surface area contributed by atoms with Crippen LogP contribution in [0.15, 0.2) is 0 Å². The maximum absolute atomic E-state index is 12.5. The second kappa shape index (κ2) is 8.42. The third-order valence-corrected chi connectivity index (χ3v) is 7.74. The summed E-state index contributed by atoms with van der Waals surface area (Å²) in [6.07, 6.45) is 5.30. The van der Waals surface area contributed by atoms with Gasteiger partial charge in [-0.15, -0.1) is 11.3 Å². The van der Waals surface area contributed by atoms with E-state index in [-0.39, 0.29) is 5.97 Å². The molecule has 2 aliphatic rings. The number of rotatable bonds is 4. The predicted molar refractivity (Wildman–Crippen MR) is 111 cm³/mol. The number of aryl methyl sites for hydroxylation is 1. The van der Waals surface area contributed by atoms with Gasteiger partial charge in [0.05, 0.1) is 18.4 Å². The van der Waals surface area contributed by atoms with Crippen LogP contribution in [0.4, 0.5) is 5.00 Å². The SMILES string of the molecule is CCOC(=O)c1c(NC(=S)N2CCN(S(C)(=O)=O)CC2)sc2c1CCCC2. The van der Waals surface area contributed by atoms with Gasteiger partial charge >= 0.3 is 5.97 Å². The normalized spacial score (nSPS) is 18.1. The molecule has 0 unspecified atom stereocenters. The van der Waals surface area contributed by atoms with E-state index in [0.29, 0.717) is 43.5 Å². The van der Waals surface area contributed by atoms with E-state index in [9.17, 15) is 13.2 Å². The Balaban J connectivity index is 1.74. The molecule has 1 aliphatic carbocycles. The first-order valence-corrected chi connectivity index (χ1v) is 12.2. The first-order chi connectivity index (χ1) is 12.8. The number of hydrogen-bond acceptors (Lipinski definition) is 6. The standard InChI is InChI=1S/C17H25N3O4S3/c1-3-24-16(21)14-12-6-4-5-7-13(12)26-15(14)18-17(25)19-8-10-20(11-9-19)27(2,22)23/h3-11H2,1-2H3,(H,18,25). The number of thiocarbonyl (C=S) groups is 1. The molecule has 0 spiro atoms. The van der Waals surface area contributed by atoms with Gasteiger partial charge in [-0.25, -0.2) is 13.2 Å². The minimum Gasteiger partial charge on any atom is -0.462 e. The van der Waals surface area contributed by atoms with Crippen molar-refractivity contribution >= 4 is 49.7 Å². The number of piperazine rings is 1. The Labute approximate surface area is 169 Å². The largest absolute Gasteiger partial charge is 0.462 e. The van der Waals surface area contributed by atoms with Gasteiger partial charge in [-0.2, -0.15) is 4.31 Å². The smallest absolute Gasteiger partial charge is 0.341 e. The van der Waals surface area contributed by atoms with E-state index < -0.39 is 10.0 Å². The quantitative estimate of drug-likeness (QED) is 0.578. The number of carbonyl (C=O) groups excluding carboxylic acids is 1. The summed E-state index contributed by atoms with van der Waals surface area (Å²) < 4.78 is 30.0. The summed E-state index contributed by atoms with van der Waals surface area (Å²) in [7, 11) is -3.18. The van der Waals surface area contributed by atoms with Crippen molar-refractivity contribution in [1.82, 2.24) is 9.21 Å². The van der Waals surface area contributed by atoms with E-state index in [4.69, 9.17) is 17.0 Å². The number of hydrogen-bond donors (Lipinski definition) is 1. The van der Waals surface area contributed by atoms with Gasteiger partial charge in [0.15, 0.2) is 5.11 Å². The zero-order valence-electron chi connectivity index (χ0n) is 15.6. The van der Waals surface area contributed by atoms with Crippen LogP contribution in [-0.4, -0.2) is 67.7 Å². The van der Waals surface area contributed by atoms with Crippen LogP contribution >= 0.6 is 23.6 Å². The Kier molecular flexibility index (Phi) is 6.39. The molecule has 0 radical (unpaired) electrons. The molecule has 0 bridgehead atoms. The van der Waals surface area contributed by atoms with Crippen molar-refractivity contribution in [1.29, 1.82) is 0 Å². The molecular weight excluding hydrogens is 406 g/mol. The van der Waals surface area contributed by atoms with E-state index in [1.807, 2.05) is 4.90 Å². The number of ether oxygens (including phenoxy) is 1. The zero-order chi connectivity index (χ0) is 19.6. The highest BCUT2D eigenvalue weighted by Gasteiger charge is 2.29. The molecule has 0 amide bonds. The Morgan fingerprint density at radius 2 is 1.89 bits per heavy atom. The zero-order valence-corrected chi connectivity index (χ0v) is 18.1. The van der Waals surface area contributed by atoms with Crippen LogP contribution in [-0.2, 0) is 27.6 Å². The van der Waals surface area contributed by atoms with E-state index in [1.54, 1.807) is 18.3 Å². The van der Waals surface area contributed by atoms with Crippen molar-refractivity contribution in [2.45, 2.75) is 32.6 Å². The third-order valence-electron chi connectivity index (χ3n) is 4.87. The number of sulfonamides is 1. The average Bonchev–Trinajstić information content (AvgIpc) is 2.99. The van der Waals surface area contributed by atoms with Crippen molar-refractivity contribution in [2.24, 2.45) is 0 Å². The van der Waals surface area contributed by atoms with E-state index in [2.05, 4.69) is 5.32 Å². The fraction of sp³-hybridized carbons (Fsp3) is 0.647. The van der Waals surface area contributed by atoms with Gasteiger partial charge in [-0.3, -0.25) is 0 Å². The molecule has 10 heteroatoms. The van der Waals surface area contributed by atoms with Gasteiger partial charge in [-0.1, -0.05) is 0 Å². The molecule has 150 valence electrons. The first-order valence-electron chi connectivity index (χ1n) is 9.14. The lowest BCUT2D eigenvalue weighted by molar-refractivity contribution is 0.0526. The highest BCUT2D eigenvalue weighted by atomic mass is 32.2. The van der Waals surface area contributed by atoms with Crippen LogP contribution in [0, 0.1) is 0 Å². The third kappa shape index (κ3) is 4.61. The molecule has 7 nitrogen and oxygen atoms in total. The van der Waals surface area contributed by atoms with Gasteiger partial charge in [0, 0.05) is 31.1 Å². The van der Waals surface area contributed by atoms with E-state index in [1.165, 1.54) is 15.4 Å². The molecule has 3 rings (SSSR count). The summed E-state index contributed by atoms with van der Waals surface area (Å²) in [5.41, 5.74) is 1.71. The number of carbonyl (C=O) groups is 1. The fourth-order valence-electron chi connectivity index (χ4n) is 3.47. The first kappa shape index (κ1) is 20.5. The van der Waals surface area contributed by atoms with Crippen molar-refractivity contribution in [2.75, 3.05) is 44.4 Å². The Morgan fingerprint density at radius 3 is 2.52 bits per heavy atom. The Morgan fingerprint density at radius 1 is 1.22 bits per heavy atom. The second-order valence-corrected chi connectivity index (χ2v) is 10.2. The van der Waals surface area contributed by atoms with Crippen LogP contribution in [0.3, 0.4) is 0 Å². The lowest BCUT2D eigenvalue weighted by atomic mass is 9.95. The molecule has 1 N–H and O–H groups in total. The highest BCUT2D eigenvalue weighted by Crippen LogP contribution is 2.38. The van der Waals surface area contributed by atoms with Crippen LogP contribution in [0.1, 0.15) is 40.6 Å².